The molecule has 0 saturated carbocycles. The summed E-state index contributed by atoms with van der Waals surface area (Å²) in [6, 6.07) is 0. The van der Waals surface area contributed by atoms with Crippen LogP contribution in [0, 0.1) is 0 Å². The predicted molar refractivity (Wildman–Crippen MR) is 82.3 cm³/mol. The largest absolute Gasteiger partial charge is 0.512 e. The molecule has 3 rings (SSSR count). The first-order valence-electron chi connectivity index (χ1n) is 7.21. The number of anilines is 1. The second-order valence-corrected chi connectivity index (χ2v) is 6.60. The molecule has 1 aromatic heterocycles. The number of hydrogen-bond acceptors (Lipinski definition) is 4. The molecule has 0 saturated heterocycles. The topological polar surface area (TPSA) is 63.3 Å². The maximum atomic E-state index is 12.7. The molecule has 0 aromatic carbocycles. The Bertz CT molecular complexity index is 610. The van der Waals surface area contributed by atoms with E-state index < -0.39 is 0 Å². The molecule has 0 radical (unpaired) electrons. The van der Waals surface area contributed by atoms with Gasteiger partial charge in [0.1, 0.15) is 0 Å². The lowest BCUT2D eigenvalue weighted by molar-refractivity contribution is 0.103. The lowest BCUT2D eigenvalue weighted by atomic mass is 9.94. The number of carbonyl (C=O) groups is 1. The van der Waals surface area contributed by atoms with Gasteiger partial charge < -0.3 is 10.8 Å². The fourth-order valence-electron chi connectivity index (χ4n) is 3.00. The Morgan fingerprint density at radius 2 is 2.00 bits per heavy atom. The summed E-state index contributed by atoms with van der Waals surface area (Å²) in [5.41, 5.74) is 8.55. The molecule has 20 heavy (non-hydrogen) atoms. The average Bonchev–Trinajstić information content (AvgIpc) is 2.60. The van der Waals surface area contributed by atoms with Crippen LogP contribution in [0.5, 0.6) is 0 Å². The number of aryl methyl sites for hydroxylation is 1. The zero-order valence-corrected chi connectivity index (χ0v) is 12.3. The van der Waals surface area contributed by atoms with Crippen LogP contribution in [0.1, 0.15) is 52.9 Å². The lowest BCUT2D eigenvalue weighted by Gasteiger charge is -2.10. The Morgan fingerprint density at radius 1 is 1.20 bits per heavy atom. The van der Waals surface area contributed by atoms with Gasteiger partial charge in [-0.05, 0) is 43.7 Å². The molecule has 0 aliphatic heterocycles. The number of carbonyl (C=O) groups excluding carboxylic acids is 1. The van der Waals surface area contributed by atoms with E-state index in [2.05, 4.69) is 0 Å². The number of fused-ring (bicyclic) bond motifs is 1. The van der Waals surface area contributed by atoms with Crippen LogP contribution in [0.3, 0.4) is 0 Å². The molecule has 0 fully saturated rings. The minimum absolute atomic E-state index is 0.0202. The van der Waals surface area contributed by atoms with E-state index >= 15 is 0 Å². The molecular formula is C16H19NO2S. The number of Topliss-reactive ketones (excluding diaryl/α,β-unsaturated/α-hetero) is 1. The third-order valence-corrected chi connectivity index (χ3v) is 5.15. The summed E-state index contributed by atoms with van der Waals surface area (Å²) in [4.78, 5) is 14.0. The van der Waals surface area contributed by atoms with Crippen LogP contribution >= 0.6 is 11.3 Å². The summed E-state index contributed by atoms with van der Waals surface area (Å²) < 4.78 is 0. The Balaban J connectivity index is 2.00. The van der Waals surface area contributed by atoms with Crippen LogP contribution in [0.25, 0.3) is 0 Å². The molecule has 0 unspecified atom stereocenters. The minimum atomic E-state index is -0.0202. The van der Waals surface area contributed by atoms with Crippen molar-refractivity contribution in [2.24, 2.45) is 0 Å². The molecule has 0 spiro atoms. The highest BCUT2D eigenvalue weighted by atomic mass is 32.1. The highest BCUT2D eigenvalue weighted by molar-refractivity contribution is 7.16. The summed E-state index contributed by atoms with van der Waals surface area (Å²) in [6.07, 6.45) is 10.4. The summed E-state index contributed by atoms with van der Waals surface area (Å²) >= 11 is 1.57. The Hall–Kier alpha value is -1.55. The second kappa shape index (κ2) is 5.44. The van der Waals surface area contributed by atoms with Crippen molar-refractivity contribution in [1.82, 2.24) is 0 Å². The van der Waals surface area contributed by atoms with Crippen molar-refractivity contribution in [2.75, 3.05) is 5.73 Å². The number of nitrogens with two attached hydrogens (primary N) is 1. The van der Waals surface area contributed by atoms with Gasteiger partial charge in [-0.1, -0.05) is 12.5 Å². The highest BCUT2D eigenvalue weighted by Gasteiger charge is 2.25. The molecule has 0 atom stereocenters. The number of nitrogen functional groups attached to an aromatic ring is 1. The van der Waals surface area contributed by atoms with Crippen molar-refractivity contribution >= 4 is 22.1 Å². The number of thiophene rings is 1. The number of allylic oxidation sites excluding steroid dienone is 4. The van der Waals surface area contributed by atoms with Gasteiger partial charge in [0.25, 0.3) is 0 Å². The molecule has 0 bridgehead atoms. The monoisotopic (exact) mass is 289 g/mol. The van der Waals surface area contributed by atoms with Gasteiger partial charge in [0.15, 0.2) is 5.78 Å². The Labute approximate surface area is 122 Å². The molecule has 0 amide bonds. The van der Waals surface area contributed by atoms with Crippen molar-refractivity contribution < 1.29 is 9.90 Å². The van der Waals surface area contributed by atoms with Gasteiger partial charge in [-0.25, -0.2) is 0 Å². The predicted octanol–water partition coefficient (Wildman–Crippen LogP) is 3.94. The number of aliphatic hydroxyl groups excluding tert-OH is 1. The average molecular weight is 289 g/mol. The van der Waals surface area contributed by atoms with Crippen molar-refractivity contribution in [3.05, 3.63) is 39.5 Å². The maximum absolute atomic E-state index is 12.7. The molecule has 3 N–H and O–H groups in total. The van der Waals surface area contributed by atoms with E-state index in [1.807, 2.05) is 6.08 Å². The van der Waals surface area contributed by atoms with Gasteiger partial charge in [0.2, 0.25) is 0 Å². The van der Waals surface area contributed by atoms with E-state index in [1.165, 1.54) is 17.7 Å². The molecule has 3 nitrogen and oxygen atoms in total. The van der Waals surface area contributed by atoms with Crippen LogP contribution in [-0.2, 0) is 12.8 Å². The Kier molecular flexibility index (Phi) is 3.66. The van der Waals surface area contributed by atoms with Crippen LogP contribution < -0.4 is 5.73 Å². The second-order valence-electron chi connectivity index (χ2n) is 5.47. The molecular weight excluding hydrogens is 270 g/mol. The first-order chi connectivity index (χ1) is 9.66. The van der Waals surface area contributed by atoms with E-state index in [0.29, 0.717) is 22.6 Å². The van der Waals surface area contributed by atoms with Gasteiger partial charge in [0, 0.05) is 16.9 Å². The van der Waals surface area contributed by atoms with Crippen LogP contribution in [-0.4, -0.2) is 10.9 Å². The first-order valence-corrected chi connectivity index (χ1v) is 8.03. The van der Waals surface area contributed by atoms with Crippen molar-refractivity contribution in [3.63, 3.8) is 0 Å². The molecule has 1 aromatic rings. The van der Waals surface area contributed by atoms with Crippen LogP contribution in [0.4, 0.5) is 5.00 Å². The zero-order chi connectivity index (χ0) is 14.1. The maximum Gasteiger partial charge on any atom is 0.196 e. The summed E-state index contributed by atoms with van der Waals surface area (Å²) in [7, 11) is 0. The van der Waals surface area contributed by atoms with Crippen molar-refractivity contribution in [3.8, 4) is 0 Å². The fourth-order valence-corrected chi connectivity index (χ4v) is 4.16. The van der Waals surface area contributed by atoms with Gasteiger partial charge in [-0.15, -0.1) is 11.3 Å². The molecule has 106 valence electrons. The van der Waals surface area contributed by atoms with E-state index in [9.17, 15) is 9.90 Å². The van der Waals surface area contributed by atoms with E-state index in [0.717, 1.165) is 31.2 Å². The number of hydrogen-bond donors (Lipinski definition) is 2. The fraction of sp³-hybridized carbons (Fsp3) is 0.438. The molecule has 2 aliphatic rings. The quantitative estimate of drug-likeness (QED) is 0.640. The van der Waals surface area contributed by atoms with Gasteiger partial charge in [0.05, 0.1) is 16.3 Å². The lowest BCUT2D eigenvalue weighted by Crippen LogP contribution is -2.09. The van der Waals surface area contributed by atoms with Crippen molar-refractivity contribution in [2.45, 2.75) is 44.9 Å². The molecule has 4 heteroatoms. The normalized spacial score (nSPS) is 18.8. The van der Waals surface area contributed by atoms with Gasteiger partial charge in [-0.3, -0.25) is 4.79 Å². The number of ketones is 1. The summed E-state index contributed by atoms with van der Waals surface area (Å²) in [6.45, 7) is 0. The molecule has 2 aliphatic carbocycles. The zero-order valence-electron chi connectivity index (χ0n) is 11.4. The van der Waals surface area contributed by atoms with E-state index in [4.69, 9.17) is 5.73 Å². The number of rotatable bonds is 2. The summed E-state index contributed by atoms with van der Waals surface area (Å²) in [5, 5.41) is 10.3. The number of aliphatic hydroxyl groups is 1. The SMILES string of the molecule is Nc1sc2c(c1C(=O)C1=CCCC(O)=C1)CCCCC2. The summed E-state index contributed by atoms with van der Waals surface area (Å²) in [5.74, 6) is 0.267. The van der Waals surface area contributed by atoms with Crippen molar-refractivity contribution in [1.29, 1.82) is 0 Å². The molecule has 1 heterocycles. The van der Waals surface area contributed by atoms with Gasteiger partial charge >= 0.3 is 0 Å². The third-order valence-electron chi connectivity index (χ3n) is 4.02. The first kappa shape index (κ1) is 13.4. The van der Waals surface area contributed by atoms with Gasteiger partial charge in [-0.2, -0.15) is 0 Å². The smallest absolute Gasteiger partial charge is 0.196 e. The highest BCUT2D eigenvalue weighted by Crippen LogP contribution is 2.37. The van der Waals surface area contributed by atoms with Crippen LogP contribution in [0.2, 0.25) is 0 Å². The Morgan fingerprint density at radius 3 is 2.80 bits per heavy atom. The van der Waals surface area contributed by atoms with Crippen LogP contribution in [0.15, 0.2) is 23.5 Å². The van der Waals surface area contributed by atoms with E-state index in [-0.39, 0.29) is 11.5 Å². The minimum Gasteiger partial charge on any atom is -0.512 e. The standard InChI is InChI=1S/C16H19NO2S/c17-16-14(12-7-2-1-3-8-13(12)20-16)15(19)10-5-4-6-11(18)9-10/h5,9,18H,1-4,6-8,17H2. The third kappa shape index (κ3) is 2.40. The van der Waals surface area contributed by atoms with E-state index in [1.54, 1.807) is 17.4 Å².